The average molecular weight is 633 g/mol. The number of hydrogen-bond acceptors (Lipinski definition) is 8. The maximum Gasteiger partial charge on any atom is 0.326 e. The molecule has 14 nitrogen and oxygen atoms in total. The molecule has 4 aromatic rings. The topological polar surface area (TPSA) is 241 Å². The molecule has 11 N–H and O–H groups in total. The fourth-order valence-electron chi connectivity index (χ4n) is 5.11. The number of unbranched alkanes of at least 4 members (excludes halogenated alkanes) is 1. The van der Waals surface area contributed by atoms with Crippen LogP contribution in [0.3, 0.4) is 0 Å². The molecule has 244 valence electrons. The van der Waals surface area contributed by atoms with Gasteiger partial charge in [0.15, 0.2) is 0 Å². The second-order valence-electron chi connectivity index (χ2n) is 11.1. The summed E-state index contributed by atoms with van der Waals surface area (Å²) in [5.74, 6) is -3.14. The highest BCUT2D eigenvalue weighted by molar-refractivity contribution is 5.94. The van der Waals surface area contributed by atoms with Gasteiger partial charge in [-0.3, -0.25) is 14.4 Å². The van der Waals surface area contributed by atoms with Crippen LogP contribution in [0.4, 0.5) is 0 Å². The molecule has 0 radical (unpaired) electrons. The van der Waals surface area contributed by atoms with Crippen LogP contribution in [0, 0.1) is 0 Å². The second kappa shape index (κ2) is 16.2. The van der Waals surface area contributed by atoms with Gasteiger partial charge in [0.1, 0.15) is 23.9 Å². The molecule has 0 bridgehead atoms. The number of imidazole rings is 1. The van der Waals surface area contributed by atoms with Crippen LogP contribution in [0.15, 0.2) is 67.3 Å². The van der Waals surface area contributed by atoms with E-state index in [-0.39, 0.29) is 31.4 Å². The molecule has 0 saturated carbocycles. The summed E-state index contributed by atoms with van der Waals surface area (Å²) >= 11 is 0. The fraction of sp³-hybridized carbons (Fsp3) is 0.344. The van der Waals surface area contributed by atoms with Crippen molar-refractivity contribution < 1.29 is 29.4 Å². The first-order valence-corrected chi connectivity index (χ1v) is 15.0. The summed E-state index contributed by atoms with van der Waals surface area (Å²) in [7, 11) is 0. The SMILES string of the molecule is NCCCCC(NC(=O)C(Cc1cnc[nH]1)NC(=O)C(N)Cc1c[nH]c2ccccc12)C(=O)NC(Cc1ccc(O)cc1)C(=O)O. The number of aromatic hydroxyl groups is 1. The first-order chi connectivity index (χ1) is 22.1. The second-order valence-corrected chi connectivity index (χ2v) is 11.1. The van der Waals surface area contributed by atoms with E-state index in [1.807, 2.05) is 24.3 Å². The van der Waals surface area contributed by atoms with Crippen LogP contribution in [-0.4, -0.2) is 79.6 Å². The van der Waals surface area contributed by atoms with Crippen LogP contribution in [0.5, 0.6) is 5.75 Å². The third kappa shape index (κ3) is 9.39. The number of H-pyrrole nitrogens is 2. The van der Waals surface area contributed by atoms with E-state index in [0.717, 1.165) is 16.5 Å². The van der Waals surface area contributed by atoms with Crippen LogP contribution in [-0.2, 0) is 38.4 Å². The zero-order valence-corrected chi connectivity index (χ0v) is 25.2. The summed E-state index contributed by atoms with van der Waals surface area (Å²) in [5.41, 5.74) is 14.8. The molecule has 0 spiro atoms. The van der Waals surface area contributed by atoms with E-state index in [4.69, 9.17) is 11.5 Å². The molecule has 46 heavy (non-hydrogen) atoms. The van der Waals surface area contributed by atoms with Gasteiger partial charge >= 0.3 is 5.97 Å². The molecule has 14 heteroatoms. The van der Waals surface area contributed by atoms with Crippen molar-refractivity contribution in [1.82, 2.24) is 30.9 Å². The van der Waals surface area contributed by atoms with Crippen LogP contribution < -0.4 is 27.4 Å². The number of carbonyl (C=O) groups excluding carboxylic acids is 3. The number of para-hydroxylation sites is 1. The number of fused-ring (bicyclic) bond motifs is 1. The van der Waals surface area contributed by atoms with Crippen LogP contribution in [0.25, 0.3) is 10.9 Å². The summed E-state index contributed by atoms with van der Waals surface area (Å²) in [5, 5.41) is 28.2. The lowest BCUT2D eigenvalue weighted by atomic mass is 10.0. The Hall–Kier alpha value is -5.21. The zero-order chi connectivity index (χ0) is 33.1. The first kappa shape index (κ1) is 33.7. The number of amides is 3. The molecular formula is C32H40N8O6. The van der Waals surface area contributed by atoms with E-state index < -0.39 is 47.9 Å². The number of rotatable bonds is 17. The molecule has 2 aromatic heterocycles. The number of nitrogens with one attached hydrogen (secondary N) is 5. The van der Waals surface area contributed by atoms with E-state index in [1.165, 1.54) is 24.7 Å². The van der Waals surface area contributed by atoms with Crippen molar-refractivity contribution in [3.05, 3.63) is 84.1 Å². The van der Waals surface area contributed by atoms with Gasteiger partial charge in [0.25, 0.3) is 0 Å². The van der Waals surface area contributed by atoms with Gasteiger partial charge in [0.2, 0.25) is 17.7 Å². The molecule has 2 heterocycles. The Kier molecular flexibility index (Phi) is 11.9. The highest BCUT2D eigenvalue weighted by Gasteiger charge is 2.31. The highest BCUT2D eigenvalue weighted by atomic mass is 16.4. The van der Waals surface area contributed by atoms with Gasteiger partial charge in [0.05, 0.1) is 12.4 Å². The number of carboxylic acids is 1. The largest absolute Gasteiger partial charge is 0.508 e. The van der Waals surface area contributed by atoms with Crippen molar-refractivity contribution in [3.8, 4) is 5.75 Å². The lowest BCUT2D eigenvalue weighted by Crippen LogP contribution is -2.58. The number of aromatic nitrogens is 3. The monoisotopic (exact) mass is 632 g/mol. The van der Waals surface area contributed by atoms with Gasteiger partial charge in [-0.05, 0) is 61.6 Å². The van der Waals surface area contributed by atoms with E-state index >= 15 is 0 Å². The van der Waals surface area contributed by atoms with Gasteiger partial charge in [0, 0.05) is 41.8 Å². The minimum atomic E-state index is -1.30. The predicted octanol–water partition coefficient (Wildman–Crippen LogP) is 0.620. The smallest absolute Gasteiger partial charge is 0.326 e. The third-order valence-electron chi connectivity index (χ3n) is 7.63. The Labute approximate surface area is 265 Å². The highest BCUT2D eigenvalue weighted by Crippen LogP contribution is 2.19. The molecule has 0 aliphatic rings. The van der Waals surface area contributed by atoms with E-state index in [2.05, 4.69) is 30.9 Å². The number of carbonyl (C=O) groups is 4. The molecule has 0 fully saturated rings. The number of nitrogens with two attached hydrogens (primary N) is 2. The summed E-state index contributed by atoms with van der Waals surface area (Å²) in [6.07, 6.45) is 6.21. The predicted molar refractivity (Wildman–Crippen MR) is 170 cm³/mol. The van der Waals surface area contributed by atoms with Crippen LogP contribution in [0.1, 0.15) is 36.1 Å². The number of carboxylic acid groups (broad SMARTS) is 1. The Morgan fingerprint density at radius 2 is 1.52 bits per heavy atom. The zero-order valence-electron chi connectivity index (χ0n) is 25.2. The Bertz CT molecular complexity index is 1600. The first-order valence-electron chi connectivity index (χ1n) is 15.0. The molecule has 4 rings (SSSR count). The normalized spacial score (nSPS) is 13.8. The van der Waals surface area contributed by atoms with E-state index in [1.54, 1.807) is 18.3 Å². The Balaban J connectivity index is 1.47. The number of benzene rings is 2. The summed E-state index contributed by atoms with van der Waals surface area (Å²) in [6, 6.07) is 9.09. The summed E-state index contributed by atoms with van der Waals surface area (Å²) < 4.78 is 0. The van der Waals surface area contributed by atoms with Crippen LogP contribution in [0.2, 0.25) is 0 Å². The minimum Gasteiger partial charge on any atom is -0.508 e. The number of hydrogen-bond donors (Lipinski definition) is 9. The third-order valence-corrected chi connectivity index (χ3v) is 7.63. The van der Waals surface area contributed by atoms with Crippen molar-refractivity contribution in [1.29, 1.82) is 0 Å². The van der Waals surface area contributed by atoms with Gasteiger partial charge in [-0.1, -0.05) is 30.3 Å². The lowest BCUT2D eigenvalue weighted by Gasteiger charge is -2.25. The van der Waals surface area contributed by atoms with Crippen LogP contribution >= 0.6 is 0 Å². The number of aliphatic carboxylic acids is 1. The maximum atomic E-state index is 13.7. The molecule has 0 aliphatic carbocycles. The molecule has 0 aliphatic heterocycles. The van der Waals surface area contributed by atoms with Crippen molar-refractivity contribution >= 4 is 34.6 Å². The number of aromatic amines is 2. The molecular weight excluding hydrogens is 592 g/mol. The van der Waals surface area contributed by atoms with E-state index in [0.29, 0.717) is 30.6 Å². The van der Waals surface area contributed by atoms with Gasteiger partial charge in [-0.2, -0.15) is 0 Å². The maximum absolute atomic E-state index is 13.7. The molecule has 2 aromatic carbocycles. The van der Waals surface area contributed by atoms with E-state index in [9.17, 15) is 29.4 Å². The minimum absolute atomic E-state index is 0.0260. The fourth-order valence-corrected chi connectivity index (χ4v) is 5.11. The Morgan fingerprint density at radius 3 is 2.22 bits per heavy atom. The summed E-state index contributed by atoms with van der Waals surface area (Å²) in [6.45, 7) is 0.369. The standard InChI is InChI=1S/C32H40N8O6/c33-12-4-3-7-26(30(43)40-28(32(45)46)13-19-8-10-22(41)11-9-19)38-31(44)27(15-21-17-35-18-37-21)39-29(42)24(34)14-20-16-36-25-6-2-1-5-23(20)25/h1-2,5-6,8-11,16-18,24,26-28,36,41H,3-4,7,12-15,33-34H2,(H,35,37)(H,38,44)(H,39,42)(H,40,43)(H,45,46). The van der Waals surface area contributed by atoms with Crippen molar-refractivity contribution in [2.24, 2.45) is 11.5 Å². The van der Waals surface area contributed by atoms with Gasteiger partial charge < -0.3 is 47.6 Å². The summed E-state index contributed by atoms with van der Waals surface area (Å²) in [4.78, 5) is 62.4. The number of phenols is 1. The van der Waals surface area contributed by atoms with Gasteiger partial charge in [-0.25, -0.2) is 9.78 Å². The quantitative estimate of drug-likeness (QED) is 0.0740. The number of phenolic OH excluding ortho intramolecular Hbond substituents is 1. The lowest BCUT2D eigenvalue weighted by molar-refractivity contribution is -0.142. The molecule has 0 saturated heterocycles. The molecule has 3 amide bonds. The van der Waals surface area contributed by atoms with Crippen molar-refractivity contribution in [2.75, 3.05) is 6.54 Å². The average Bonchev–Trinajstić information content (AvgIpc) is 3.71. The molecule has 4 atom stereocenters. The van der Waals surface area contributed by atoms with Crippen molar-refractivity contribution in [3.63, 3.8) is 0 Å². The van der Waals surface area contributed by atoms with Crippen molar-refractivity contribution in [2.45, 2.75) is 62.7 Å². The van der Waals surface area contributed by atoms with Gasteiger partial charge in [-0.15, -0.1) is 0 Å². The molecule has 4 unspecified atom stereocenters. The number of nitrogens with zero attached hydrogens (tertiary/aromatic N) is 1. The Morgan fingerprint density at radius 1 is 0.826 bits per heavy atom.